The minimum absolute atomic E-state index is 0.154. The molecule has 1 aliphatic heterocycles. The number of cyclic esters (lactones) is 1. The van der Waals surface area contributed by atoms with E-state index in [1.165, 1.54) is 11.4 Å². The Kier molecular flexibility index (Phi) is 3.37. The summed E-state index contributed by atoms with van der Waals surface area (Å²) in [7, 11) is -4.03. The van der Waals surface area contributed by atoms with Crippen molar-refractivity contribution < 1.29 is 27.9 Å². The molecule has 0 aliphatic carbocycles. The van der Waals surface area contributed by atoms with Gasteiger partial charge in [-0.1, -0.05) is 0 Å². The largest absolute Gasteiger partial charge is 0.477 e. The second-order valence-corrected chi connectivity index (χ2v) is 6.15. The van der Waals surface area contributed by atoms with Gasteiger partial charge in [-0.05, 0) is 11.4 Å². The zero-order chi connectivity index (χ0) is 13.3. The molecule has 1 aliphatic rings. The molecule has 0 spiro atoms. The van der Waals surface area contributed by atoms with Crippen LogP contribution in [0.25, 0.3) is 0 Å². The summed E-state index contributed by atoms with van der Waals surface area (Å²) in [6.07, 6.45) is 0.241. The third kappa shape index (κ3) is 2.37. The molecule has 1 fully saturated rings. The number of aromatic carboxylic acids is 1. The number of carbonyl (C=O) groups is 2. The second kappa shape index (κ2) is 4.67. The van der Waals surface area contributed by atoms with E-state index in [4.69, 9.17) is 5.11 Å². The van der Waals surface area contributed by atoms with E-state index in [0.29, 0.717) is 0 Å². The van der Waals surface area contributed by atoms with Gasteiger partial charge in [-0.3, -0.25) is 4.79 Å². The normalized spacial score (nSPS) is 19.8. The number of hydrogen-bond acceptors (Lipinski definition) is 6. The number of nitrogens with one attached hydrogen (secondary N) is 1. The molecule has 0 radical (unpaired) electrons. The third-order valence-electron chi connectivity index (χ3n) is 2.35. The standard InChI is InChI=1S/C9H9NO6S2/c11-8(12)7-6(2-4-17-7)18(14,15)10-5-1-3-16-9(5)13/h2,4-5,10H,1,3H2,(H,11,12). The average molecular weight is 291 g/mol. The Bertz CT molecular complexity index is 590. The van der Waals surface area contributed by atoms with Crippen LogP contribution in [0.5, 0.6) is 0 Å². The Balaban J connectivity index is 2.28. The number of sulfonamides is 1. The smallest absolute Gasteiger partial charge is 0.347 e. The topological polar surface area (TPSA) is 110 Å². The van der Waals surface area contributed by atoms with Crippen LogP contribution >= 0.6 is 11.3 Å². The molecule has 98 valence electrons. The minimum Gasteiger partial charge on any atom is -0.477 e. The van der Waals surface area contributed by atoms with Crippen molar-refractivity contribution in [3.8, 4) is 0 Å². The van der Waals surface area contributed by atoms with Crippen molar-refractivity contribution in [1.82, 2.24) is 4.72 Å². The maximum absolute atomic E-state index is 11.9. The Hall–Kier alpha value is -1.45. The molecule has 1 unspecified atom stereocenters. The monoisotopic (exact) mass is 291 g/mol. The fourth-order valence-electron chi connectivity index (χ4n) is 1.52. The van der Waals surface area contributed by atoms with E-state index in [1.807, 2.05) is 0 Å². The predicted octanol–water partition coefficient (Wildman–Crippen LogP) is 0.0401. The molecule has 0 saturated carbocycles. The van der Waals surface area contributed by atoms with Gasteiger partial charge in [0.25, 0.3) is 0 Å². The lowest BCUT2D eigenvalue weighted by atomic mass is 10.3. The van der Waals surface area contributed by atoms with Crippen LogP contribution in [0.1, 0.15) is 16.1 Å². The maximum atomic E-state index is 11.9. The number of hydrogen-bond donors (Lipinski definition) is 2. The fraction of sp³-hybridized carbons (Fsp3) is 0.333. The Morgan fingerprint density at radius 3 is 2.83 bits per heavy atom. The van der Waals surface area contributed by atoms with Gasteiger partial charge in [-0.2, -0.15) is 4.72 Å². The van der Waals surface area contributed by atoms with Crippen molar-refractivity contribution in [2.45, 2.75) is 17.4 Å². The Labute approximate surface area is 106 Å². The molecule has 0 aromatic carbocycles. The highest BCUT2D eigenvalue weighted by atomic mass is 32.2. The molecular weight excluding hydrogens is 282 g/mol. The summed E-state index contributed by atoms with van der Waals surface area (Å²) >= 11 is 0.808. The summed E-state index contributed by atoms with van der Waals surface area (Å²) in [4.78, 5) is 21.4. The van der Waals surface area contributed by atoms with E-state index in [2.05, 4.69) is 9.46 Å². The van der Waals surface area contributed by atoms with Crippen molar-refractivity contribution in [2.24, 2.45) is 0 Å². The molecule has 1 atom stereocenters. The van der Waals surface area contributed by atoms with Crippen molar-refractivity contribution in [3.63, 3.8) is 0 Å². The number of carboxylic acids is 1. The molecule has 1 aromatic heterocycles. The highest BCUT2D eigenvalue weighted by molar-refractivity contribution is 7.89. The molecule has 18 heavy (non-hydrogen) atoms. The molecule has 0 bridgehead atoms. The zero-order valence-electron chi connectivity index (χ0n) is 8.95. The first-order valence-electron chi connectivity index (χ1n) is 4.91. The van der Waals surface area contributed by atoms with Crippen molar-refractivity contribution in [1.29, 1.82) is 0 Å². The van der Waals surface area contributed by atoms with E-state index < -0.39 is 28.0 Å². The lowest BCUT2D eigenvalue weighted by molar-refractivity contribution is -0.139. The van der Waals surface area contributed by atoms with Gasteiger partial charge in [-0.15, -0.1) is 11.3 Å². The van der Waals surface area contributed by atoms with Gasteiger partial charge in [-0.25, -0.2) is 13.2 Å². The second-order valence-electron chi connectivity index (χ2n) is 3.55. The quantitative estimate of drug-likeness (QED) is 0.758. The average Bonchev–Trinajstić information content (AvgIpc) is 2.88. The molecule has 2 heterocycles. The van der Waals surface area contributed by atoms with Crippen LogP contribution in [0.2, 0.25) is 0 Å². The van der Waals surface area contributed by atoms with Gasteiger partial charge in [0.2, 0.25) is 10.0 Å². The summed E-state index contributed by atoms with van der Waals surface area (Å²) < 4.78 is 30.7. The maximum Gasteiger partial charge on any atom is 0.347 e. The lowest BCUT2D eigenvalue weighted by Gasteiger charge is -2.09. The Morgan fingerprint density at radius 2 is 2.28 bits per heavy atom. The lowest BCUT2D eigenvalue weighted by Crippen LogP contribution is -2.38. The Morgan fingerprint density at radius 1 is 1.56 bits per heavy atom. The van der Waals surface area contributed by atoms with Crippen LogP contribution in [0.15, 0.2) is 16.3 Å². The highest BCUT2D eigenvalue weighted by Gasteiger charge is 2.33. The van der Waals surface area contributed by atoms with E-state index in [9.17, 15) is 18.0 Å². The fourth-order valence-corrected chi connectivity index (χ4v) is 4.00. The van der Waals surface area contributed by atoms with Crippen molar-refractivity contribution in [2.75, 3.05) is 6.61 Å². The van der Waals surface area contributed by atoms with Gasteiger partial charge in [0.1, 0.15) is 15.8 Å². The van der Waals surface area contributed by atoms with Crippen LogP contribution in [0, 0.1) is 0 Å². The van der Waals surface area contributed by atoms with Gasteiger partial charge in [0.05, 0.1) is 6.61 Å². The molecular formula is C9H9NO6S2. The van der Waals surface area contributed by atoms with Gasteiger partial charge in [0, 0.05) is 6.42 Å². The van der Waals surface area contributed by atoms with Gasteiger partial charge >= 0.3 is 11.9 Å². The van der Waals surface area contributed by atoms with Gasteiger partial charge in [0.15, 0.2) is 0 Å². The summed E-state index contributed by atoms with van der Waals surface area (Å²) in [5.74, 6) is -1.97. The minimum atomic E-state index is -4.03. The van der Waals surface area contributed by atoms with Crippen molar-refractivity contribution >= 4 is 33.3 Å². The summed E-state index contributed by atoms with van der Waals surface area (Å²) in [5, 5.41) is 10.2. The van der Waals surface area contributed by atoms with Gasteiger partial charge < -0.3 is 9.84 Å². The third-order valence-corrected chi connectivity index (χ3v) is 4.89. The number of carbonyl (C=O) groups excluding carboxylic acids is 1. The summed E-state index contributed by atoms with van der Waals surface area (Å²) in [6, 6.07) is 0.244. The first kappa shape index (κ1) is 13.0. The van der Waals surface area contributed by atoms with Crippen LogP contribution in [0.3, 0.4) is 0 Å². The highest BCUT2D eigenvalue weighted by Crippen LogP contribution is 2.22. The number of esters is 1. The first-order chi connectivity index (χ1) is 8.42. The van der Waals surface area contributed by atoms with Crippen LogP contribution in [-0.2, 0) is 19.6 Å². The molecule has 1 aromatic rings. The van der Waals surface area contributed by atoms with Crippen molar-refractivity contribution in [3.05, 3.63) is 16.3 Å². The van der Waals surface area contributed by atoms with Crippen LogP contribution in [0.4, 0.5) is 0 Å². The number of rotatable bonds is 4. The van der Waals surface area contributed by atoms with Crippen LogP contribution < -0.4 is 4.72 Å². The number of ether oxygens (including phenoxy) is 1. The SMILES string of the molecule is O=C(O)c1sccc1S(=O)(=O)NC1CCOC1=O. The molecule has 2 rings (SSSR count). The van der Waals surface area contributed by atoms with E-state index in [1.54, 1.807) is 0 Å². The summed E-state index contributed by atoms with van der Waals surface area (Å²) in [6.45, 7) is 0.154. The molecule has 0 amide bonds. The predicted molar refractivity (Wildman–Crippen MR) is 61.0 cm³/mol. The number of thiophene rings is 1. The molecule has 2 N–H and O–H groups in total. The molecule has 7 nitrogen and oxygen atoms in total. The molecule has 1 saturated heterocycles. The summed E-state index contributed by atoms with van der Waals surface area (Å²) in [5.41, 5.74) is 0. The first-order valence-corrected chi connectivity index (χ1v) is 7.28. The zero-order valence-corrected chi connectivity index (χ0v) is 10.6. The van der Waals surface area contributed by atoms with E-state index >= 15 is 0 Å². The van der Waals surface area contributed by atoms with E-state index in [-0.39, 0.29) is 22.8 Å². The molecule has 9 heteroatoms. The number of carboxylic acid groups (broad SMARTS) is 1. The van der Waals surface area contributed by atoms with E-state index in [0.717, 1.165) is 11.3 Å². The van der Waals surface area contributed by atoms with Crippen LogP contribution in [-0.4, -0.2) is 38.1 Å².